The smallest absolute Gasteiger partial charge is 0.226 e. The molecule has 1 aromatic carbocycles. The third kappa shape index (κ3) is 4.67. The van der Waals surface area contributed by atoms with Gasteiger partial charge in [0.2, 0.25) is 5.91 Å². The Kier molecular flexibility index (Phi) is 6.13. The van der Waals surface area contributed by atoms with Gasteiger partial charge >= 0.3 is 0 Å². The molecule has 0 unspecified atom stereocenters. The molecule has 22 heavy (non-hydrogen) atoms. The summed E-state index contributed by atoms with van der Waals surface area (Å²) >= 11 is 4.89. The first-order valence-electron chi connectivity index (χ1n) is 6.79. The number of benzene rings is 1. The van der Waals surface area contributed by atoms with Gasteiger partial charge in [-0.25, -0.2) is 0 Å². The van der Waals surface area contributed by atoms with Gasteiger partial charge < -0.3 is 10.2 Å². The van der Waals surface area contributed by atoms with Crippen molar-refractivity contribution < 1.29 is 4.79 Å². The second kappa shape index (κ2) is 8.08. The highest BCUT2D eigenvalue weighted by Gasteiger charge is 2.10. The van der Waals surface area contributed by atoms with Crippen LogP contribution in [-0.2, 0) is 11.3 Å². The zero-order chi connectivity index (χ0) is 15.9. The van der Waals surface area contributed by atoms with Gasteiger partial charge in [0, 0.05) is 24.0 Å². The zero-order valence-electron chi connectivity index (χ0n) is 12.2. The van der Waals surface area contributed by atoms with Crippen LogP contribution in [0.5, 0.6) is 0 Å². The van der Waals surface area contributed by atoms with Crippen molar-refractivity contribution in [3.05, 3.63) is 51.3 Å². The maximum absolute atomic E-state index is 12.0. The minimum Gasteiger partial charge on any atom is -0.317 e. The van der Waals surface area contributed by atoms with E-state index in [2.05, 4.69) is 38.3 Å². The van der Waals surface area contributed by atoms with Crippen molar-refractivity contribution in [3.63, 3.8) is 0 Å². The highest BCUT2D eigenvalue weighted by atomic mass is 79.9. The largest absolute Gasteiger partial charge is 0.317 e. The van der Waals surface area contributed by atoms with Gasteiger partial charge in [0.1, 0.15) is 11.1 Å². The van der Waals surface area contributed by atoms with Gasteiger partial charge in [0.25, 0.3) is 0 Å². The Morgan fingerprint density at radius 1 is 1.41 bits per heavy atom. The number of thiophene rings is 1. The van der Waals surface area contributed by atoms with E-state index < -0.39 is 0 Å². The molecule has 0 aliphatic heterocycles. The van der Waals surface area contributed by atoms with Gasteiger partial charge in [0.15, 0.2) is 0 Å². The minimum atomic E-state index is -0.0714. The lowest BCUT2D eigenvalue weighted by molar-refractivity contribution is -0.116. The van der Waals surface area contributed by atoms with Crippen LogP contribution in [0.15, 0.2) is 40.2 Å². The van der Waals surface area contributed by atoms with E-state index in [1.54, 1.807) is 11.4 Å². The molecule has 2 rings (SSSR count). The summed E-state index contributed by atoms with van der Waals surface area (Å²) in [7, 11) is 1.98. The Balaban J connectivity index is 1.81. The Hall–Kier alpha value is -1.68. The molecule has 0 radical (unpaired) electrons. The van der Waals surface area contributed by atoms with E-state index >= 15 is 0 Å². The SMILES string of the molecule is CN(CCC(=O)Nc1sccc1C#N)Cc1ccccc1Br. The normalized spacial score (nSPS) is 10.5. The van der Waals surface area contributed by atoms with Crippen molar-refractivity contribution in [2.75, 3.05) is 18.9 Å². The summed E-state index contributed by atoms with van der Waals surface area (Å²) in [5.41, 5.74) is 1.70. The number of rotatable bonds is 6. The summed E-state index contributed by atoms with van der Waals surface area (Å²) in [4.78, 5) is 14.0. The molecule has 114 valence electrons. The average molecular weight is 378 g/mol. The fourth-order valence-corrected chi connectivity index (χ4v) is 3.14. The molecule has 4 nitrogen and oxygen atoms in total. The van der Waals surface area contributed by atoms with Crippen LogP contribution in [0.3, 0.4) is 0 Å². The van der Waals surface area contributed by atoms with Crippen LogP contribution in [0.1, 0.15) is 17.5 Å². The number of nitrogens with one attached hydrogen (secondary N) is 1. The molecule has 0 atom stereocenters. The van der Waals surface area contributed by atoms with Crippen molar-refractivity contribution in [1.29, 1.82) is 5.26 Å². The fraction of sp³-hybridized carbons (Fsp3) is 0.250. The van der Waals surface area contributed by atoms with E-state index in [0.717, 1.165) is 11.0 Å². The van der Waals surface area contributed by atoms with Crippen LogP contribution < -0.4 is 5.32 Å². The Labute approximate surface area is 142 Å². The highest BCUT2D eigenvalue weighted by molar-refractivity contribution is 9.10. The highest BCUT2D eigenvalue weighted by Crippen LogP contribution is 2.22. The molecule has 2 aromatic rings. The number of carbonyl (C=O) groups excluding carboxylic acids is 1. The molecule has 0 saturated carbocycles. The molecule has 0 aliphatic carbocycles. The first-order chi connectivity index (χ1) is 10.6. The van der Waals surface area contributed by atoms with Crippen molar-refractivity contribution in [3.8, 4) is 6.07 Å². The first-order valence-corrected chi connectivity index (χ1v) is 8.47. The van der Waals surface area contributed by atoms with Crippen molar-refractivity contribution in [1.82, 2.24) is 4.90 Å². The predicted octanol–water partition coefficient (Wildman–Crippen LogP) is 3.84. The molecule has 6 heteroatoms. The van der Waals surface area contributed by atoms with Crippen molar-refractivity contribution >= 4 is 38.2 Å². The zero-order valence-corrected chi connectivity index (χ0v) is 14.6. The lowest BCUT2D eigenvalue weighted by Crippen LogP contribution is -2.24. The fourth-order valence-electron chi connectivity index (χ4n) is 1.97. The molecule has 0 aliphatic rings. The maximum Gasteiger partial charge on any atom is 0.226 e. The lowest BCUT2D eigenvalue weighted by atomic mass is 10.2. The van der Waals surface area contributed by atoms with Gasteiger partial charge in [-0.2, -0.15) is 5.26 Å². The van der Waals surface area contributed by atoms with E-state index in [9.17, 15) is 4.79 Å². The predicted molar refractivity (Wildman–Crippen MR) is 92.8 cm³/mol. The van der Waals surface area contributed by atoms with Crippen LogP contribution in [0.2, 0.25) is 0 Å². The topological polar surface area (TPSA) is 56.1 Å². The molecule has 1 heterocycles. The monoisotopic (exact) mass is 377 g/mol. The minimum absolute atomic E-state index is 0.0714. The number of hydrogen-bond acceptors (Lipinski definition) is 4. The molecule has 1 amide bonds. The third-order valence-corrected chi connectivity index (χ3v) is 4.76. The Morgan fingerprint density at radius 3 is 2.91 bits per heavy atom. The summed E-state index contributed by atoms with van der Waals surface area (Å²) in [6.07, 6.45) is 0.393. The van der Waals surface area contributed by atoms with E-state index in [1.807, 2.05) is 25.2 Å². The number of amides is 1. The third-order valence-electron chi connectivity index (χ3n) is 3.16. The first kappa shape index (κ1) is 16.7. The number of halogens is 1. The quantitative estimate of drug-likeness (QED) is 0.831. The van der Waals surface area contributed by atoms with E-state index in [-0.39, 0.29) is 5.91 Å². The summed E-state index contributed by atoms with van der Waals surface area (Å²) in [5, 5.41) is 14.1. The molecule has 1 aromatic heterocycles. The van der Waals surface area contributed by atoms with Crippen LogP contribution in [0.25, 0.3) is 0 Å². The van der Waals surface area contributed by atoms with Crippen molar-refractivity contribution in [2.24, 2.45) is 0 Å². The second-order valence-corrected chi connectivity index (χ2v) is 6.67. The molecule has 0 bridgehead atoms. The number of nitriles is 1. The molecular formula is C16H16BrN3OS. The van der Waals surface area contributed by atoms with Gasteiger partial charge in [-0.1, -0.05) is 34.1 Å². The number of nitrogens with zero attached hydrogens (tertiary/aromatic N) is 2. The Morgan fingerprint density at radius 2 is 2.18 bits per heavy atom. The molecule has 0 saturated heterocycles. The summed E-state index contributed by atoms with van der Waals surface area (Å²) in [6, 6.07) is 11.8. The van der Waals surface area contributed by atoms with Gasteiger partial charge in [-0.3, -0.25) is 4.79 Å². The molecule has 1 N–H and O–H groups in total. The number of carbonyl (C=O) groups is 1. The van der Waals surface area contributed by atoms with Crippen LogP contribution in [0, 0.1) is 11.3 Å². The summed E-state index contributed by atoms with van der Waals surface area (Å²) in [6.45, 7) is 1.43. The van der Waals surface area contributed by atoms with Gasteiger partial charge in [-0.15, -0.1) is 11.3 Å². The van der Waals surface area contributed by atoms with Crippen LogP contribution in [-0.4, -0.2) is 24.4 Å². The number of hydrogen-bond donors (Lipinski definition) is 1. The van der Waals surface area contributed by atoms with Gasteiger partial charge in [0.05, 0.1) is 5.56 Å². The Bertz CT molecular complexity index is 693. The van der Waals surface area contributed by atoms with E-state index in [0.29, 0.717) is 23.5 Å². The van der Waals surface area contributed by atoms with Crippen molar-refractivity contribution in [2.45, 2.75) is 13.0 Å². The number of anilines is 1. The lowest BCUT2D eigenvalue weighted by Gasteiger charge is -2.17. The van der Waals surface area contributed by atoms with E-state index in [1.165, 1.54) is 16.9 Å². The van der Waals surface area contributed by atoms with E-state index in [4.69, 9.17) is 5.26 Å². The van der Waals surface area contributed by atoms with Gasteiger partial charge in [-0.05, 0) is 30.1 Å². The maximum atomic E-state index is 12.0. The standard InChI is InChI=1S/C16H16BrN3OS/c1-20(11-13-4-2-3-5-14(13)17)8-6-15(21)19-16-12(10-18)7-9-22-16/h2-5,7,9H,6,8,11H2,1H3,(H,19,21). The summed E-state index contributed by atoms with van der Waals surface area (Å²) in [5.74, 6) is -0.0714. The molecule has 0 fully saturated rings. The molecular weight excluding hydrogens is 362 g/mol. The molecule has 0 spiro atoms. The second-order valence-electron chi connectivity index (χ2n) is 4.90. The average Bonchev–Trinajstić information content (AvgIpc) is 2.94. The van der Waals surface area contributed by atoms with Crippen LogP contribution in [0.4, 0.5) is 5.00 Å². The summed E-state index contributed by atoms with van der Waals surface area (Å²) < 4.78 is 1.07. The van der Waals surface area contributed by atoms with Crippen LogP contribution >= 0.6 is 27.3 Å².